The van der Waals surface area contributed by atoms with E-state index in [4.69, 9.17) is 4.74 Å². The summed E-state index contributed by atoms with van der Waals surface area (Å²) in [6.45, 7) is 2.10. The minimum absolute atomic E-state index is 0.195. The molecule has 0 heterocycles. The lowest BCUT2D eigenvalue weighted by atomic mass is 10.1. The van der Waals surface area contributed by atoms with Gasteiger partial charge in [-0.3, -0.25) is 0 Å². The van der Waals surface area contributed by atoms with Gasteiger partial charge in [0.2, 0.25) is 0 Å². The lowest BCUT2D eigenvalue weighted by molar-refractivity contribution is 0.415. The van der Waals surface area contributed by atoms with Crippen LogP contribution >= 0.6 is 0 Å². The number of benzene rings is 2. The van der Waals surface area contributed by atoms with E-state index in [2.05, 4.69) is 12.2 Å². The number of rotatable bonds is 5. The van der Waals surface area contributed by atoms with Gasteiger partial charge in [-0.25, -0.2) is 4.39 Å². The van der Waals surface area contributed by atoms with Crippen molar-refractivity contribution < 1.29 is 9.13 Å². The fraction of sp³-hybridized carbons (Fsp3) is 0.250. The third kappa shape index (κ3) is 3.98. The Balaban J connectivity index is 1.92. The van der Waals surface area contributed by atoms with E-state index in [1.54, 1.807) is 7.11 Å². The van der Waals surface area contributed by atoms with E-state index in [-0.39, 0.29) is 11.9 Å². The van der Waals surface area contributed by atoms with Crippen LogP contribution in [0.1, 0.15) is 12.5 Å². The topological polar surface area (TPSA) is 21.3 Å². The fourth-order valence-corrected chi connectivity index (χ4v) is 2.00. The minimum atomic E-state index is -0.195. The Bertz CT molecular complexity index is 507. The first-order chi connectivity index (χ1) is 9.17. The molecule has 1 unspecified atom stereocenters. The van der Waals surface area contributed by atoms with Gasteiger partial charge >= 0.3 is 0 Å². The summed E-state index contributed by atoms with van der Waals surface area (Å²) in [7, 11) is 1.65. The summed E-state index contributed by atoms with van der Waals surface area (Å²) in [6.07, 6.45) is 0.853. The maximum Gasteiger partial charge on any atom is 0.123 e. The van der Waals surface area contributed by atoms with Gasteiger partial charge in [0.15, 0.2) is 0 Å². The maximum atomic E-state index is 12.8. The molecule has 0 saturated carbocycles. The molecular formula is C16H18FNO. The van der Waals surface area contributed by atoms with Crippen LogP contribution in [0.15, 0.2) is 48.5 Å². The van der Waals surface area contributed by atoms with Crippen molar-refractivity contribution >= 4 is 5.69 Å². The molecule has 0 aliphatic heterocycles. The average Bonchev–Trinajstić information content (AvgIpc) is 2.42. The molecule has 0 spiro atoms. The van der Waals surface area contributed by atoms with Crippen molar-refractivity contribution in [3.05, 3.63) is 59.9 Å². The van der Waals surface area contributed by atoms with Crippen LogP contribution in [0.5, 0.6) is 5.75 Å². The van der Waals surface area contributed by atoms with Crippen LogP contribution in [-0.2, 0) is 6.42 Å². The highest BCUT2D eigenvalue weighted by Crippen LogP contribution is 2.16. The SMILES string of the molecule is COc1ccc(NC(C)Cc2ccc(F)cc2)cc1. The first-order valence-electron chi connectivity index (χ1n) is 6.32. The van der Waals surface area contributed by atoms with E-state index < -0.39 is 0 Å². The number of hydrogen-bond donors (Lipinski definition) is 1. The summed E-state index contributed by atoms with van der Waals surface area (Å²) in [5, 5.41) is 3.41. The first-order valence-corrected chi connectivity index (χ1v) is 6.32. The van der Waals surface area contributed by atoms with Crippen molar-refractivity contribution in [2.45, 2.75) is 19.4 Å². The Morgan fingerprint density at radius 1 is 1.05 bits per heavy atom. The summed E-state index contributed by atoms with van der Waals surface area (Å²) in [5.74, 6) is 0.649. The largest absolute Gasteiger partial charge is 0.497 e. The van der Waals surface area contributed by atoms with Crippen LogP contribution in [0.3, 0.4) is 0 Å². The summed E-state index contributed by atoms with van der Waals surface area (Å²) < 4.78 is 17.9. The number of ether oxygens (including phenoxy) is 1. The summed E-state index contributed by atoms with van der Waals surface area (Å²) in [5.41, 5.74) is 2.17. The highest BCUT2D eigenvalue weighted by Gasteiger charge is 2.04. The quantitative estimate of drug-likeness (QED) is 0.880. The predicted octanol–water partition coefficient (Wildman–Crippen LogP) is 3.88. The zero-order valence-corrected chi connectivity index (χ0v) is 11.2. The Morgan fingerprint density at radius 2 is 1.68 bits per heavy atom. The maximum absolute atomic E-state index is 12.8. The summed E-state index contributed by atoms with van der Waals surface area (Å²) in [4.78, 5) is 0. The Hall–Kier alpha value is -2.03. The standard InChI is InChI=1S/C16H18FNO/c1-12(11-13-3-5-14(17)6-4-13)18-15-7-9-16(19-2)10-8-15/h3-10,12,18H,11H2,1-2H3. The van der Waals surface area contributed by atoms with Crippen molar-refractivity contribution in [3.8, 4) is 5.75 Å². The van der Waals surface area contributed by atoms with E-state index in [1.165, 1.54) is 12.1 Å². The Kier molecular flexibility index (Phi) is 4.39. The van der Waals surface area contributed by atoms with Crippen LogP contribution in [-0.4, -0.2) is 13.2 Å². The fourth-order valence-electron chi connectivity index (χ4n) is 2.00. The lowest BCUT2D eigenvalue weighted by Crippen LogP contribution is -2.17. The van der Waals surface area contributed by atoms with E-state index >= 15 is 0 Å². The molecule has 0 aromatic heterocycles. The van der Waals surface area contributed by atoms with Crippen LogP contribution in [0.2, 0.25) is 0 Å². The minimum Gasteiger partial charge on any atom is -0.497 e. The van der Waals surface area contributed by atoms with Crippen molar-refractivity contribution in [2.24, 2.45) is 0 Å². The summed E-state index contributed by atoms with van der Waals surface area (Å²) >= 11 is 0. The molecule has 0 bridgehead atoms. The highest BCUT2D eigenvalue weighted by atomic mass is 19.1. The van der Waals surface area contributed by atoms with Crippen LogP contribution < -0.4 is 10.1 Å². The normalized spacial score (nSPS) is 11.9. The number of methoxy groups -OCH3 is 1. The second kappa shape index (κ2) is 6.23. The van der Waals surface area contributed by atoms with Crippen LogP contribution in [0, 0.1) is 5.82 Å². The van der Waals surface area contributed by atoms with E-state index in [0.717, 1.165) is 23.4 Å². The van der Waals surface area contributed by atoms with Crippen LogP contribution in [0.4, 0.5) is 10.1 Å². The van der Waals surface area contributed by atoms with Gasteiger partial charge in [0.1, 0.15) is 11.6 Å². The van der Waals surface area contributed by atoms with E-state index in [1.807, 2.05) is 36.4 Å². The van der Waals surface area contributed by atoms with Gasteiger partial charge < -0.3 is 10.1 Å². The van der Waals surface area contributed by atoms with E-state index in [9.17, 15) is 4.39 Å². The molecule has 2 aromatic rings. The average molecular weight is 259 g/mol. The zero-order valence-electron chi connectivity index (χ0n) is 11.2. The van der Waals surface area contributed by atoms with Crippen molar-refractivity contribution in [1.29, 1.82) is 0 Å². The second-order valence-electron chi connectivity index (χ2n) is 4.60. The molecule has 1 atom stereocenters. The molecule has 3 heteroatoms. The number of anilines is 1. The smallest absolute Gasteiger partial charge is 0.123 e. The molecule has 0 aliphatic carbocycles. The molecule has 0 amide bonds. The molecule has 1 N–H and O–H groups in total. The van der Waals surface area contributed by atoms with Crippen LogP contribution in [0.25, 0.3) is 0 Å². The lowest BCUT2D eigenvalue weighted by Gasteiger charge is -2.15. The van der Waals surface area contributed by atoms with Gasteiger partial charge in [0.25, 0.3) is 0 Å². The van der Waals surface area contributed by atoms with Gasteiger partial charge in [-0.05, 0) is 55.3 Å². The molecule has 2 nitrogen and oxygen atoms in total. The Labute approximate surface area is 113 Å². The van der Waals surface area contributed by atoms with Crippen molar-refractivity contribution in [3.63, 3.8) is 0 Å². The molecule has 0 aliphatic rings. The molecule has 0 saturated heterocycles. The van der Waals surface area contributed by atoms with Gasteiger partial charge in [0, 0.05) is 11.7 Å². The second-order valence-corrected chi connectivity index (χ2v) is 4.60. The van der Waals surface area contributed by atoms with Gasteiger partial charge in [-0.2, -0.15) is 0 Å². The van der Waals surface area contributed by atoms with E-state index in [0.29, 0.717) is 0 Å². The molecule has 100 valence electrons. The molecule has 2 rings (SSSR count). The van der Waals surface area contributed by atoms with Crippen molar-refractivity contribution in [2.75, 3.05) is 12.4 Å². The molecule has 0 radical (unpaired) electrons. The van der Waals surface area contributed by atoms with Gasteiger partial charge in [0.05, 0.1) is 7.11 Å². The predicted molar refractivity (Wildman–Crippen MR) is 76.2 cm³/mol. The number of nitrogens with one attached hydrogen (secondary N) is 1. The summed E-state index contributed by atoms with van der Waals surface area (Å²) in [6, 6.07) is 14.7. The number of hydrogen-bond acceptors (Lipinski definition) is 2. The molecule has 0 fully saturated rings. The van der Waals surface area contributed by atoms with Gasteiger partial charge in [-0.1, -0.05) is 12.1 Å². The third-order valence-electron chi connectivity index (χ3n) is 2.96. The third-order valence-corrected chi connectivity index (χ3v) is 2.96. The van der Waals surface area contributed by atoms with Gasteiger partial charge in [-0.15, -0.1) is 0 Å². The zero-order chi connectivity index (χ0) is 13.7. The molecule has 19 heavy (non-hydrogen) atoms. The Morgan fingerprint density at radius 3 is 2.26 bits per heavy atom. The first kappa shape index (κ1) is 13.4. The monoisotopic (exact) mass is 259 g/mol. The number of halogens is 1. The van der Waals surface area contributed by atoms with Crippen molar-refractivity contribution in [1.82, 2.24) is 0 Å². The highest BCUT2D eigenvalue weighted by molar-refractivity contribution is 5.47. The molecule has 2 aromatic carbocycles. The molecular weight excluding hydrogens is 241 g/mol.